The summed E-state index contributed by atoms with van der Waals surface area (Å²) in [6.07, 6.45) is 5.82. The molecule has 0 bridgehead atoms. The first-order valence-corrected chi connectivity index (χ1v) is 6.23. The van der Waals surface area contributed by atoms with Crippen LogP contribution in [0.2, 0.25) is 0 Å². The van der Waals surface area contributed by atoms with Gasteiger partial charge in [-0.1, -0.05) is 12.8 Å². The first-order valence-electron chi connectivity index (χ1n) is 6.23. The second kappa shape index (κ2) is 4.95. The number of carbonyl (C=O) groups is 2. The van der Waals surface area contributed by atoms with Crippen molar-refractivity contribution in [2.45, 2.75) is 44.6 Å². The third-order valence-corrected chi connectivity index (χ3v) is 3.87. The topological polar surface area (TPSA) is 49.4 Å². The van der Waals surface area contributed by atoms with Crippen molar-refractivity contribution >= 4 is 11.8 Å². The van der Waals surface area contributed by atoms with Gasteiger partial charge in [-0.2, -0.15) is 0 Å². The monoisotopic (exact) mass is 224 g/mol. The summed E-state index contributed by atoms with van der Waals surface area (Å²) in [6, 6.07) is 0.286. The largest absolute Gasteiger partial charge is 0.315 e. The van der Waals surface area contributed by atoms with Gasteiger partial charge in [-0.15, -0.1) is 0 Å². The molecule has 2 aliphatic rings. The molecule has 1 saturated carbocycles. The van der Waals surface area contributed by atoms with Gasteiger partial charge in [0.2, 0.25) is 11.8 Å². The van der Waals surface area contributed by atoms with Gasteiger partial charge in [-0.3, -0.25) is 14.5 Å². The summed E-state index contributed by atoms with van der Waals surface area (Å²) in [5, 5.41) is 3.27. The minimum atomic E-state index is 0.00301. The normalized spacial score (nSPS) is 24.4. The molecule has 1 saturated heterocycles. The molecule has 1 N–H and O–H groups in total. The van der Waals surface area contributed by atoms with E-state index in [1.54, 1.807) is 0 Å². The maximum absolute atomic E-state index is 11.5. The SMILES string of the molecule is CNC(CN1C(=O)CCC1=O)C1CCCC1. The number of nitrogens with zero attached hydrogens (tertiary/aromatic N) is 1. The molecule has 0 radical (unpaired) electrons. The van der Waals surface area contributed by atoms with Gasteiger partial charge < -0.3 is 5.32 Å². The molecule has 0 aromatic heterocycles. The highest BCUT2D eigenvalue weighted by Gasteiger charge is 2.33. The second-order valence-corrected chi connectivity index (χ2v) is 4.84. The van der Waals surface area contributed by atoms with Crippen LogP contribution in [0.1, 0.15) is 38.5 Å². The first-order chi connectivity index (χ1) is 7.72. The Morgan fingerprint density at radius 2 is 1.81 bits per heavy atom. The predicted octanol–water partition coefficient (Wildman–Crippen LogP) is 0.914. The van der Waals surface area contributed by atoms with Crippen molar-refractivity contribution in [3.8, 4) is 0 Å². The Labute approximate surface area is 96.4 Å². The Morgan fingerprint density at radius 1 is 1.25 bits per heavy atom. The zero-order valence-electron chi connectivity index (χ0n) is 9.87. The third-order valence-electron chi connectivity index (χ3n) is 3.87. The van der Waals surface area contributed by atoms with Crippen LogP contribution in [0.5, 0.6) is 0 Å². The first kappa shape index (κ1) is 11.6. The highest BCUT2D eigenvalue weighted by Crippen LogP contribution is 2.28. The van der Waals surface area contributed by atoms with Crippen LogP contribution >= 0.6 is 0 Å². The van der Waals surface area contributed by atoms with Gasteiger partial charge in [0.25, 0.3) is 0 Å². The van der Waals surface area contributed by atoms with Crippen molar-refractivity contribution in [3.63, 3.8) is 0 Å². The fourth-order valence-corrected chi connectivity index (χ4v) is 2.86. The Bertz CT molecular complexity index is 269. The van der Waals surface area contributed by atoms with E-state index in [1.807, 2.05) is 7.05 Å². The Balaban J connectivity index is 1.95. The van der Waals surface area contributed by atoms with E-state index in [1.165, 1.54) is 30.6 Å². The number of carbonyl (C=O) groups excluding carboxylic acids is 2. The zero-order chi connectivity index (χ0) is 11.5. The van der Waals surface area contributed by atoms with Gasteiger partial charge in [0.1, 0.15) is 0 Å². The van der Waals surface area contributed by atoms with Crippen LogP contribution < -0.4 is 5.32 Å². The molecule has 1 heterocycles. The maximum atomic E-state index is 11.5. The average Bonchev–Trinajstić information content (AvgIpc) is 2.89. The number of hydrogen-bond acceptors (Lipinski definition) is 3. The summed E-state index contributed by atoms with van der Waals surface area (Å²) in [5.41, 5.74) is 0. The zero-order valence-corrected chi connectivity index (χ0v) is 9.87. The smallest absolute Gasteiger partial charge is 0.229 e. The summed E-state index contributed by atoms with van der Waals surface area (Å²) in [7, 11) is 1.92. The molecule has 0 spiro atoms. The number of imide groups is 1. The number of amides is 2. The van der Waals surface area contributed by atoms with Crippen molar-refractivity contribution in [1.82, 2.24) is 10.2 Å². The van der Waals surface area contributed by atoms with Crippen molar-refractivity contribution in [3.05, 3.63) is 0 Å². The minimum absolute atomic E-state index is 0.00301. The van der Waals surface area contributed by atoms with Crippen LogP contribution in [0.3, 0.4) is 0 Å². The Kier molecular flexibility index (Phi) is 3.59. The van der Waals surface area contributed by atoms with E-state index < -0.39 is 0 Å². The molecule has 0 aromatic carbocycles. The molecule has 0 aromatic rings. The van der Waals surface area contributed by atoms with Gasteiger partial charge in [0.15, 0.2) is 0 Å². The number of rotatable bonds is 4. The van der Waals surface area contributed by atoms with E-state index in [9.17, 15) is 9.59 Å². The molecule has 90 valence electrons. The van der Waals surface area contributed by atoms with Gasteiger partial charge >= 0.3 is 0 Å². The summed E-state index contributed by atoms with van der Waals surface area (Å²) in [6.45, 7) is 0.568. The van der Waals surface area contributed by atoms with Gasteiger partial charge in [-0.05, 0) is 25.8 Å². The highest BCUT2D eigenvalue weighted by atomic mass is 16.2. The molecule has 4 heteroatoms. The van der Waals surface area contributed by atoms with Crippen molar-refractivity contribution < 1.29 is 9.59 Å². The number of likely N-dealkylation sites (tertiary alicyclic amines) is 1. The third kappa shape index (κ3) is 2.26. The molecule has 2 amide bonds. The summed E-state index contributed by atoms with van der Waals surface area (Å²) in [4.78, 5) is 24.5. The fraction of sp³-hybridized carbons (Fsp3) is 0.833. The van der Waals surface area contributed by atoms with E-state index >= 15 is 0 Å². The van der Waals surface area contributed by atoms with Crippen molar-refractivity contribution in [2.24, 2.45) is 5.92 Å². The average molecular weight is 224 g/mol. The van der Waals surface area contributed by atoms with Gasteiger partial charge in [-0.25, -0.2) is 0 Å². The summed E-state index contributed by atoms with van der Waals surface area (Å²) < 4.78 is 0. The number of hydrogen-bond donors (Lipinski definition) is 1. The number of nitrogens with one attached hydrogen (secondary N) is 1. The van der Waals surface area contributed by atoms with E-state index in [-0.39, 0.29) is 17.9 Å². The van der Waals surface area contributed by atoms with Crippen molar-refractivity contribution in [2.75, 3.05) is 13.6 Å². The maximum Gasteiger partial charge on any atom is 0.229 e. The predicted molar refractivity (Wildman–Crippen MR) is 60.8 cm³/mol. The minimum Gasteiger partial charge on any atom is -0.315 e. The quantitative estimate of drug-likeness (QED) is 0.722. The summed E-state index contributed by atoms with van der Waals surface area (Å²) >= 11 is 0. The summed E-state index contributed by atoms with van der Waals surface area (Å²) in [5.74, 6) is 0.637. The molecule has 1 atom stereocenters. The molecule has 2 fully saturated rings. The van der Waals surface area contributed by atoms with Crippen LogP contribution in [0.15, 0.2) is 0 Å². The molecule has 16 heavy (non-hydrogen) atoms. The molecular formula is C12H20N2O2. The lowest BCUT2D eigenvalue weighted by molar-refractivity contribution is -0.138. The molecule has 4 nitrogen and oxygen atoms in total. The standard InChI is InChI=1S/C12H20N2O2/c1-13-10(9-4-2-3-5-9)8-14-11(15)6-7-12(14)16/h9-10,13H,2-8H2,1H3. The highest BCUT2D eigenvalue weighted by molar-refractivity contribution is 6.01. The van der Waals surface area contributed by atoms with Gasteiger partial charge in [0.05, 0.1) is 0 Å². The van der Waals surface area contributed by atoms with E-state index in [0.29, 0.717) is 25.3 Å². The molecule has 1 unspecified atom stereocenters. The number of likely N-dealkylation sites (N-methyl/N-ethyl adjacent to an activating group) is 1. The second-order valence-electron chi connectivity index (χ2n) is 4.84. The van der Waals surface area contributed by atoms with E-state index in [4.69, 9.17) is 0 Å². The van der Waals surface area contributed by atoms with Crippen LogP contribution in [0.25, 0.3) is 0 Å². The Morgan fingerprint density at radius 3 is 2.31 bits per heavy atom. The molecule has 1 aliphatic heterocycles. The van der Waals surface area contributed by atoms with Gasteiger partial charge in [0, 0.05) is 25.4 Å². The van der Waals surface area contributed by atoms with Crippen LogP contribution in [-0.2, 0) is 9.59 Å². The fourth-order valence-electron chi connectivity index (χ4n) is 2.86. The van der Waals surface area contributed by atoms with E-state index in [0.717, 1.165) is 0 Å². The van der Waals surface area contributed by atoms with E-state index in [2.05, 4.69) is 5.32 Å². The lowest BCUT2D eigenvalue weighted by Crippen LogP contribution is -2.45. The molecule has 1 aliphatic carbocycles. The molecule has 2 rings (SSSR count). The molecular weight excluding hydrogens is 204 g/mol. The van der Waals surface area contributed by atoms with Crippen LogP contribution in [-0.4, -0.2) is 36.3 Å². The van der Waals surface area contributed by atoms with Crippen molar-refractivity contribution in [1.29, 1.82) is 0 Å². The lowest BCUT2D eigenvalue weighted by atomic mass is 9.98. The van der Waals surface area contributed by atoms with Crippen LogP contribution in [0, 0.1) is 5.92 Å². The van der Waals surface area contributed by atoms with Crippen LogP contribution in [0.4, 0.5) is 0 Å². The Hall–Kier alpha value is -0.900. The lowest BCUT2D eigenvalue weighted by Gasteiger charge is -2.26.